The van der Waals surface area contributed by atoms with Crippen molar-refractivity contribution in [2.45, 2.75) is 26.2 Å². The average molecular weight is 231 g/mol. The maximum atomic E-state index is 5.37. The number of terminal acetylenes is 1. The van der Waals surface area contributed by atoms with Crippen molar-refractivity contribution in [3.8, 4) is 12.3 Å². The molecule has 0 amide bonds. The molecule has 5 heteroatoms. The molecule has 0 aliphatic carbocycles. The number of anilines is 2. The van der Waals surface area contributed by atoms with Crippen LogP contribution in [-0.2, 0) is 0 Å². The van der Waals surface area contributed by atoms with Crippen LogP contribution in [-0.4, -0.2) is 34.6 Å². The lowest BCUT2D eigenvalue weighted by atomic mass is 10.4. The molecule has 1 aromatic rings. The smallest absolute Gasteiger partial charge is 0.231 e. The molecule has 1 saturated heterocycles. The summed E-state index contributed by atoms with van der Waals surface area (Å²) in [4.78, 5) is 15.0. The molecular formula is C12H17N5. The summed E-state index contributed by atoms with van der Waals surface area (Å²) in [7, 11) is 0. The standard InChI is InChI=1S/C12H17N5/c1-3-7-13-11-14-10(4-2)15-12(16-11)17-8-5-6-9-17/h2H,3,5-9H2,1H3,(H,13,14,15,16). The average Bonchev–Trinajstić information content (AvgIpc) is 2.89. The second kappa shape index (κ2) is 5.48. The van der Waals surface area contributed by atoms with E-state index in [9.17, 15) is 0 Å². The molecule has 1 N–H and O–H groups in total. The third kappa shape index (κ3) is 2.84. The van der Waals surface area contributed by atoms with E-state index in [-0.39, 0.29) is 0 Å². The Bertz CT molecular complexity index is 417. The summed E-state index contributed by atoms with van der Waals surface area (Å²) in [6.45, 7) is 4.94. The van der Waals surface area contributed by atoms with Crippen molar-refractivity contribution in [1.82, 2.24) is 15.0 Å². The first kappa shape index (κ1) is 11.6. The van der Waals surface area contributed by atoms with Gasteiger partial charge in [0.25, 0.3) is 0 Å². The lowest BCUT2D eigenvalue weighted by Gasteiger charge is -2.15. The van der Waals surface area contributed by atoms with E-state index >= 15 is 0 Å². The van der Waals surface area contributed by atoms with Gasteiger partial charge in [-0.1, -0.05) is 6.92 Å². The van der Waals surface area contributed by atoms with E-state index in [2.05, 4.69) is 38.0 Å². The van der Waals surface area contributed by atoms with E-state index in [1.54, 1.807) is 0 Å². The van der Waals surface area contributed by atoms with Gasteiger partial charge in [-0.25, -0.2) is 0 Å². The lowest BCUT2D eigenvalue weighted by Crippen LogP contribution is -2.22. The van der Waals surface area contributed by atoms with Gasteiger partial charge in [0.2, 0.25) is 17.7 Å². The fourth-order valence-corrected chi connectivity index (χ4v) is 1.80. The summed E-state index contributed by atoms with van der Waals surface area (Å²) in [5.41, 5.74) is 0. The van der Waals surface area contributed by atoms with Crippen LogP contribution in [0.5, 0.6) is 0 Å². The van der Waals surface area contributed by atoms with Crippen LogP contribution in [0.2, 0.25) is 0 Å². The van der Waals surface area contributed by atoms with Gasteiger partial charge in [-0.05, 0) is 25.2 Å². The number of rotatable bonds is 4. The third-order valence-electron chi connectivity index (χ3n) is 2.67. The SMILES string of the molecule is C#Cc1nc(NCCC)nc(N2CCCC2)n1. The molecule has 0 atom stereocenters. The highest BCUT2D eigenvalue weighted by atomic mass is 15.3. The zero-order valence-corrected chi connectivity index (χ0v) is 10.1. The zero-order chi connectivity index (χ0) is 12.1. The zero-order valence-electron chi connectivity index (χ0n) is 10.1. The fourth-order valence-electron chi connectivity index (χ4n) is 1.80. The molecule has 1 fully saturated rings. The highest BCUT2D eigenvalue weighted by Gasteiger charge is 2.16. The molecule has 1 aromatic heterocycles. The van der Waals surface area contributed by atoms with Crippen LogP contribution >= 0.6 is 0 Å². The van der Waals surface area contributed by atoms with Crippen LogP contribution in [0.1, 0.15) is 32.0 Å². The molecule has 5 nitrogen and oxygen atoms in total. The van der Waals surface area contributed by atoms with Crippen LogP contribution in [0.15, 0.2) is 0 Å². The fraction of sp³-hybridized carbons (Fsp3) is 0.583. The number of nitrogens with zero attached hydrogens (tertiary/aromatic N) is 4. The minimum Gasteiger partial charge on any atom is -0.354 e. The number of hydrogen-bond acceptors (Lipinski definition) is 5. The van der Waals surface area contributed by atoms with E-state index in [0.29, 0.717) is 17.7 Å². The third-order valence-corrected chi connectivity index (χ3v) is 2.67. The number of hydrogen-bond donors (Lipinski definition) is 1. The van der Waals surface area contributed by atoms with E-state index in [0.717, 1.165) is 26.1 Å². The summed E-state index contributed by atoms with van der Waals surface area (Å²) in [6.07, 6.45) is 8.77. The molecule has 17 heavy (non-hydrogen) atoms. The highest BCUT2D eigenvalue weighted by Crippen LogP contribution is 2.16. The van der Waals surface area contributed by atoms with Crippen LogP contribution in [0.4, 0.5) is 11.9 Å². The first-order valence-corrected chi connectivity index (χ1v) is 6.05. The quantitative estimate of drug-likeness (QED) is 0.791. The van der Waals surface area contributed by atoms with Gasteiger partial charge < -0.3 is 10.2 Å². The lowest BCUT2D eigenvalue weighted by molar-refractivity contribution is 0.864. The maximum absolute atomic E-state index is 5.37. The van der Waals surface area contributed by atoms with E-state index in [4.69, 9.17) is 6.42 Å². The van der Waals surface area contributed by atoms with Crippen LogP contribution in [0.25, 0.3) is 0 Å². The molecule has 0 radical (unpaired) electrons. The van der Waals surface area contributed by atoms with Crippen molar-refractivity contribution >= 4 is 11.9 Å². The second-order valence-corrected chi connectivity index (χ2v) is 4.05. The maximum Gasteiger partial charge on any atom is 0.231 e. The Balaban J connectivity index is 2.22. The molecule has 90 valence electrons. The summed E-state index contributed by atoms with van der Waals surface area (Å²) in [6, 6.07) is 0. The molecule has 0 aromatic carbocycles. The Labute approximate surface area is 102 Å². The number of nitrogens with one attached hydrogen (secondary N) is 1. The molecule has 2 heterocycles. The first-order chi connectivity index (χ1) is 8.33. The summed E-state index contributed by atoms with van der Waals surface area (Å²) in [5.74, 6) is 4.16. The topological polar surface area (TPSA) is 53.9 Å². The van der Waals surface area contributed by atoms with Gasteiger partial charge in [0, 0.05) is 19.6 Å². The Morgan fingerprint density at radius 2 is 2.06 bits per heavy atom. The molecule has 0 bridgehead atoms. The Kier molecular flexibility index (Phi) is 3.76. The van der Waals surface area contributed by atoms with Crippen molar-refractivity contribution in [1.29, 1.82) is 0 Å². The van der Waals surface area contributed by atoms with Crippen molar-refractivity contribution in [2.75, 3.05) is 29.9 Å². The van der Waals surface area contributed by atoms with Gasteiger partial charge >= 0.3 is 0 Å². The van der Waals surface area contributed by atoms with Crippen LogP contribution in [0, 0.1) is 12.3 Å². The first-order valence-electron chi connectivity index (χ1n) is 6.05. The molecule has 1 aliphatic rings. The predicted molar refractivity (Wildman–Crippen MR) is 68.0 cm³/mol. The Hall–Kier alpha value is -1.83. The van der Waals surface area contributed by atoms with Gasteiger partial charge in [-0.15, -0.1) is 6.42 Å². The Morgan fingerprint density at radius 3 is 2.71 bits per heavy atom. The molecule has 2 rings (SSSR count). The summed E-state index contributed by atoms with van der Waals surface area (Å²) in [5, 5.41) is 3.15. The predicted octanol–water partition coefficient (Wildman–Crippen LogP) is 1.27. The van der Waals surface area contributed by atoms with Gasteiger partial charge in [0.15, 0.2) is 0 Å². The van der Waals surface area contributed by atoms with Crippen LogP contribution in [0.3, 0.4) is 0 Å². The van der Waals surface area contributed by atoms with E-state index in [1.807, 2.05) is 0 Å². The van der Waals surface area contributed by atoms with E-state index in [1.165, 1.54) is 12.8 Å². The van der Waals surface area contributed by atoms with Crippen molar-refractivity contribution in [3.05, 3.63) is 5.82 Å². The normalized spacial score (nSPS) is 14.7. The second-order valence-electron chi connectivity index (χ2n) is 4.05. The molecule has 0 unspecified atom stereocenters. The Morgan fingerprint density at radius 1 is 1.29 bits per heavy atom. The van der Waals surface area contributed by atoms with Gasteiger partial charge in [0.05, 0.1) is 0 Å². The minimum absolute atomic E-state index is 0.403. The highest BCUT2D eigenvalue weighted by molar-refractivity contribution is 5.40. The van der Waals surface area contributed by atoms with Gasteiger partial charge in [-0.2, -0.15) is 15.0 Å². The molecule has 1 aliphatic heterocycles. The molecule has 0 saturated carbocycles. The molecule has 0 spiro atoms. The van der Waals surface area contributed by atoms with Gasteiger partial charge in [-0.3, -0.25) is 0 Å². The summed E-state index contributed by atoms with van der Waals surface area (Å²) < 4.78 is 0. The summed E-state index contributed by atoms with van der Waals surface area (Å²) >= 11 is 0. The van der Waals surface area contributed by atoms with Gasteiger partial charge in [0.1, 0.15) is 0 Å². The largest absolute Gasteiger partial charge is 0.354 e. The van der Waals surface area contributed by atoms with Crippen molar-refractivity contribution < 1.29 is 0 Å². The van der Waals surface area contributed by atoms with Crippen LogP contribution < -0.4 is 10.2 Å². The van der Waals surface area contributed by atoms with E-state index < -0.39 is 0 Å². The molecular weight excluding hydrogens is 214 g/mol. The number of aromatic nitrogens is 3. The minimum atomic E-state index is 0.403. The van der Waals surface area contributed by atoms with Crippen molar-refractivity contribution in [2.24, 2.45) is 0 Å². The van der Waals surface area contributed by atoms with Crippen molar-refractivity contribution in [3.63, 3.8) is 0 Å². The monoisotopic (exact) mass is 231 g/mol.